The molecule has 0 N–H and O–H groups in total. The van der Waals surface area contributed by atoms with Crippen LogP contribution >= 0.6 is 0 Å². The molecule has 0 saturated heterocycles. The molecule has 15 heavy (non-hydrogen) atoms. The van der Waals surface area contributed by atoms with Gasteiger partial charge in [-0.15, -0.1) is 0 Å². The molecule has 1 fully saturated rings. The fourth-order valence-electron chi connectivity index (χ4n) is 2.04. The summed E-state index contributed by atoms with van der Waals surface area (Å²) in [6, 6.07) is 1.64. The molecular formula is C11H12N2O2. The van der Waals surface area contributed by atoms with Crippen molar-refractivity contribution in [3.63, 3.8) is 0 Å². The average molecular weight is 204 g/mol. The van der Waals surface area contributed by atoms with Crippen molar-refractivity contribution in [1.29, 1.82) is 0 Å². The van der Waals surface area contributed by atoms with E-state index in [9.17, 15) is 9.59 Å². The molecule has 0 amide bonds. The van der Waals surface area contributed by atoms with Crippen molar-refractivity contribution in [2.75, 3.05) is 0 Å². The van der Waals surface area contributed by atoms with Crippen molar-refractivity contribution in [2.24, 2.45) is 0 Å². The fourth-order valence-corrected chi connectivity index (χ4v) is 2.04. The van der Waals surface area contributed by atoms with Crippen LogP contribution in [0.2, 0.25) is 0 Å². The van der Waals surface area contributed by atoms with Gasteiger partial charge in [-0.1, -0.05) is 0 Å². The molecule has 0 aromatic carbocycles. The van der Waals surface area contributed by atoms with Gasteiger partial charge in [0.05, 0.1) is 12.1 Å². The van der Waals surface area contributed by atoms with Gasteiger partial charge in [-0.05, 0) is 12.8 Å². The molecule has 0 spiro atoms. The Balaban J connectivity index is 2.11. The van der Waals surface area contributed by atoms with Crippen molar-refractivity contribution in [2.45, 2.75) is 38.1 Å². The molecule has 0 bridgehead atoms. The van der Waals surface area contributed by atoms with Crippen LogP contribution in [-0.4, -0.2) is 15.3 Å². The summed E-state index contributed by atoms with van der Waals surface area (Å²) in [5.41, 5.74) is 0.898. The molecule has 78 valence electrons. The second kappa shape index (κ2) is 3.02. The van der Waals surface area contributed by atoms with Crippen molar-refractivity contribution >= 4 is 5.78 Å². The maximum atomic E-state index is 11.7. The fraction of sp³-hybridized carbons (Fsp3) is 0.545. The van der Waals surface area contributed by atoms with E-state index in [1.54, 1.807) is 10.6 Å². The summed E-state index contributed by atoms with van der Waals surface area (Å²) in [7, 11) is 0. The van der Waals surface area contributed by atoms with Crippen LogP contribution in [0.5, 0.6) is 0 Å². The van der Waals surface area contributed by atoms with Crippen molar-refractivity contribution in [3.05, 3.63) is 27.9 Å². The Morgan fingerprint density at radius 2 is 2.13 bits per heavy atom. The maximum Gasteiger partial charge on any atom is 0.253 e. The van der Waals surface area contributed by atoms with Gasteiger partial charge in [-0.25, -0.2) is 4.98 Å². The minimum absolute atomic E-state index is 0.00870. The Morgan fingerprint density at radius 1 is 1.33 bits per heavy atom. The molecule has 0 radical (unpaired) electrons. The molecule has 3 rings (SSSR count). The van der Waals surface area contributed by atoms with Crippen LogP contribution in [0.4, 0.5) is 0 Å². The number of nitrogens with zero attached hydrogens (tertiary/aromatic N) is 2. The quantitative estimate of drug-likeness (QED) is 0.674. The Hall–Kier alpha value is -1.45. The van der Waals surface area contributed by atoms with Gasteiger partial charge in [0.2, 0.25) is 0 Å². The summed E-state index contributed by atoms with van der Waals surface area (Å²) in [4.78, 5) is 27.4. The Bertz CT molecular complexity index is 486. The SMILES string of the molecule is O=C1CCn2c(nc(C3CC3)cc2=O)C1. The van der Waals surface area contributed by atoms with Crippen LogP contribution in [-0.2, 0) is 17.8 Å². The van der Waals surface area contributed by atoms with Gasteiger partial charge in [0, 0.05) is 24.9 Å². The third-order valence-corrected chi connectivity index (χ3v) is 3.07. The number of aromatic nitrogens is 2. The minimum atomic E-state index is 0.00870. The standard InChI is InChI=1S/C11H12N2O2/c14-8-3-4-13-10(5-8)12-9(6-11(13)15)7-1-2-7/h6-7H,1-5H2. The van der Waals surface area contributed by atoms with Gasteiger partial charge in [-0.2, -0.15) is 0 Å². The van der Waals surface area contributed by atoms with Crippen LogP contribution in [0, 0.1) is 0 Å². The molecule has 2 heterocycles. The van der Waals surface area contributed by atoms with E-state index < -0.39 is 0 Å². The Morgan fingerprint density at radius 3 is 2.87 bits per heavy atom. The molecule has 4 nitrogen and oxygen atoms in total. The van der Waals surface area contributed by atoms with Crippen LogP contribution in [0.25, 0.3) is 0 Å². The predicted molar refractivity (Wildman–Crippen MR) is 53.8 cm³/mol. The zero-order valence-corrected chi connectivity index (χ0v) is 8.40. The molecule has 1 saturated carbocycles. The summed E-state index contributed by atoms with van der Waals surface area (Å²) < 4.78 is 1.63. The van der Waals surface area contributed by atoms with E-state index in [2.05, 4.69) is 4.98 Å². The van der Waals surface area contributed by atoms with E-state index in [4.69, 9.17) is 0 Å². The summed E-state index contributed by atoms with van der Waals surface area (Å²) in [5, 5.41) is 0. The highest BCUT2D eigenvalue weighted by Gasteiger charge is 2.27. The molecular weight excluding hydrogens is 192 g/mol. The first-order valence-corrected chi connectivity index (χ1v) is 5.36. The Labute approximate surface area is 86.9 Å². The highest BCUT2D eigenvalue weighted by atomic mass is 16.1. The zero-order valence-electron chi connectivity index (χ0n) is 8.40. The summed E-state index contributed by atoms with van der Waals surface area (Å²) in [6.45, 7) is 0.505. The number of hydrogen-bond acceptors (Lipinski definition) is 3. The van der Waals surface area contributed by atoms with E-state index in [-0.39, 0.29) is 11.3 Å². The maximum absolute atomic E-state index is 11.7. The lowest BCUT2D eigenvalue weighted by atomic mass is 10.1. The lowest BCUT2D eigenvalue weighted by Gasteiger charge is -2.16. The third-order valence-electron chi connectivity index (χ3n) is 3.07. The van der Waals surface area contributed by atoms with Crippen molar-refractivity contribution in [1.82, 2.24) is 9.55 Å². The first kappa shape index (κ1) is 8.83. The first-order valence-electron chi connectivity index (χ1n) is 5.36. The Kier molecular flexibility index (Phi) is 1.78. The molecule has 1 aromatic heterocycles. The molecule has 0 unspecified atom stereocenters. The van der Waals surface area contributed by atoms with Gasteiger partial charge in [-0.3, -0.25) is 14.2 Å². The zero-order chi connectivity index (χ0) is 10.4. The van der Waals surface area contributed by atoms with E-state index >= 15 is 0 Å². The van der Waals surface area contributed by atoms with Crippen LogP contribution in [0.3, 0.4) is 0 Å². The van der Waals surface area contributed by atoms with Crippen LogP contribution in [0.1, 0.15) is 36.7 Å². The first-order chi connectivity index (χ1) is 7.24. The van der Waals surface area contributed by atoms with Gasteiger partial charge < -0.3 is 0 Å². The second-order valence-electron chi connectivity index (χ2n) is 4.33. The van der Waals surface area contributed by atoms with Crippen LogP contribution in [0.15, 0.2) is 10.9 Å². The molecule has 4 heteroatoms. The minimum Gasteiger partial charge on any atom is -0.299 e. The average Bonchev–Trinajstić information content (AvgIpc) is 2.99. The second-order valence-corrected chi connectivity index (χ2v) is 4.33. The van der Waals surface area contributed by atoms with Gasteiger partial charge in [0.15, 0.2) is 0 Å². The van der Waals surface area contributed by atoms with Gasteiger partial charge in [0.25, 0.3) is 5.56 Å². The van der Waals surface area contributed by atoms with E-state index in [1.165, 1.54) is 0 Å². The molecule has 1 aromatic rings. The number of ketones is 1. The number of rotatable bonds is 1. The highest BCUT2D eigenvalue weighted by Crippen LogP contribution is 2.38. The normalized spacial score (nSPS) is 20.1. The number of Topliss-reactive ketones (excluding diaryl/α,β-unsaturated/α-hetero) is 1. The van der Waals surface area contributed by atoms with Crippen molar-refractivity contribution < 1.29 is 4.79 Å². The van der Waals surface area contributed by atoms with Gasteiger partial charge in [0.1, 0.15) is 11.6 Å². The lowest BCUT2D eigenvalue weighted by molar-refractivity contribution is -0.119. The van der Waals surface area contributed by atoms with E-state index in [0.29, 0.717) is 31.1 Å². The van der Waals surface area contributed by atoms with Gasteiger partial charge >= 0.3 is 0 Å². The number of carbonyl (C=O) groups excluding carboxylic acids is 1. The molecule has 2 aliphatic rings. The summed E-state index contributed by atoms with van der Waals surface area (Å²) in [6.07, 6.45) is 3.06. The third kappa shape index (κ3) is 1.50. The molecule has 1 aliphatic heterocycles. The smallest absolute Gasteiger partial charge is 0.253 e. The molecule has 0 atom stereocenters. The number of fused-ring (bicyclic) bond motifs is 1. The largest absolute Gasteiger partial charge is 0.299 e. The van der Waals surface area contributed by atoms with E-state index in [1.807, 2.05) is 0 Å². The summed E-state index contributed by atoms with van der Waals surface area (Å²) in [5.74, 6) is 1.33. The number of carbonyl (C=O) groups is 1. The highest BCUT2D eigenvalue weighted by molar-refractivity contribution is 5.80. The van der Waals surface area contributed by atoms with E-state index in [0.717, 1.165) is 18.5 Å². The molecule has 1 aliphatic carbocycles. The summed E-state index contributed by atoms with van der Waals surface area (Å²) >= 11 is 0. The number of hydrogen-bond donors (Lipinski definition) is 0. The topological polar surface area (TPSA) is 52.0 Å². The van der Waals surface area contributed by atoms with Crippen LogP contribution < -0.4 is 5.56 Å². The monoisotopic (exact) mass is 204 g/mol. The van der Waals surface area contributed by atoms with Crippen molar-refractivity contribution in [3.8, 4) is 0 Å². The predicted octanol–water partition coefficient (Wildman–Crippen LogP) is 0.636. The lowest BCUT2D eigenvalue weighted by Crippen LogP contribution is -2.31.